The first-order valence-electron chi connectivity index (χ1n) is 6.22. The second-order valence-corrected chi connectivity index (χ2v) is 4.53. The van der Waals surface area contributed by atoms with Gasteiger partial charge >= 0.3 is 5.97 Å². The normalized spacial score (nSPS) is 10.4. The van der Waals surface area contributed by atoms with E-state index in [9.17, 15) is 9.90 Å². The van der Waals surface area contributed by atoms with Gasteiger partial charge in [0.25, 0.3) is 0 Å². The largest absolute Gasteiger partial charge is 0.478 e. The maximum Gasteiger partial charge on any atom is 0.337 e. The van der Waals surface area contributed by atoms with Gasteiger partial charge in [0.1, 0.15) is 0 Å². The Morgan fingerprint density at radius 1 is 1.28 bits per heavy atom. The van der Waals surface area contributed by atoms with E-state index in [0.717, 1.165) is 37.1 Å². The van der Waals surface area contributed by atoms with E-state index >= 15 is 0 Å². The summed E-state index contributed by atoms with van der Waals surface area (Å²) >= 11 is 0. The molecule has 0 atom stereocenters. The van der Waals surface area contributed by atoms with Crippen molar-refractivity contribution >= 4 is 11.7 Å². The van der Waals surface area contributed by atoms with Crippen LogP contribution >= 0.6 is 0 Å². The van der Waals surface area contributed by atoms with Crippen LogP contribution in [0, 0.1) is 6.92 Å². The number of hydrogen-bond acceptors (Lipinski definition) is 3. The molecule has 0 aromatic heterocycles. The molecule has 0 radical (unpaired) electrons. The summed E-state index contributed by atoms with van der Waals surface area (Å²) in [6, 6.07) is 5.47. The minimum Gasteiger partial charge on any atom is -0.478 e. The van der Waals surface area contributed by atoms with Crippen LogP contribution in [0.1, 0.15) is 35.2 Å². The zero-order valence-electron chi connectivity index (χ0n) is 11.0. The lowest BCUT2D eigenvalue weighted by atomic mass is 10.1. The number of hydrogen-bond donors (Lipinski definition) is 2. The van der Waals surface area contributed by atoms with Gasteiger partial charge in [-0.2, -0.15) is 0 Å². The van der Waals surface area contributed by atoms with Gasteiger partial charge in [-0.15, -0.1) is 0 Å². The van der Waals surface area contributed by atoms with E-state index in [1.54, 1.807) is 6.07 Å². The van der Waals surface area contributed by atoms with Crippen LogP contribution in [-0.2, 0) is 0 Å². The van der Waals surface area contributed by atoms with Crippen molar-refractivity contribution in [2.24, 2.45) is 0 Å². The molecule has 0 aliphatic rings. The summed E-state index contributed by atoms with van der Waals surface area (Å²) < 4.78 is 0. The minimum atomic E-state index is -0.893. The number of carboxylic acid groups (broad SMARTS) is 1. The molecule has 0 aliphatic carbocycles. The van der Waals surface area contributed by atoms with E-state index in [2.05, 4.69) is 0 Å². The van der Waals surface area contributed by atoms with Crippen LogP contribution in [0.15, 0.2) is 18.2 Å². The first kappa shape index (κ1) is 14.5. The summed E-state index contributed by atoms with van der Waals surface area (Å²) in [5.41, 5.74) is 2.04. The van der Waals surface area contributed by atoms with Gasteiger partial charge in [0.15, 0.2) is 0 Å². The molecule has 100 valence electrons. The number of anilines is 1. The summed E-state index contributed by atoms with van der Waals surface area (Å²) in [5, 5.41) is 17.9. The highest BCUT2D eigenvalue weighted by Crippen LogP contribution is 2.21. The molecule has 0 bridgehead atoms. The predicted molar refractivity (Wildman–Crippen MR) is 72.3 cm³/mol. The minimum absolute atomic E-state index is 0.217. The number of carboxylic acids is 1. The van der Waals surface area contributed by atoms with Crippen LogP contribution in [0.4, 0.5) is 5.69 Å². The molecule has 18 heavy (non-hydrogen) atoms. The lowest BCUT2D eigenvalue weighted by molar-refractivity contribution is 0.0697. The monoisotopic (exact) mass is 251 g/mol. The van der Waals surface area contributed by atoms with Crippen molar-refractivity contribution < 1.29 is 15.0 Å². The average molecular weight is 251 g/mol. The van der Waals surface area contributed by atoms with Crippen molar-refractivity contribution in [2.75, 3.05) is 25.1 Å². The van der Waals surface area contributed by atoms with Crippen molar-refractivity contribution in [3.63, 3.8) is 0 Å². The van der Waals surface area contributed by atoms with E-state index in [1.165, 1.54) is 0 Å². The fraction of sp³-hybridized carbons (Fsp3) is 0.500. The highest BCUT2D eigenvalue weighted by Gasteiger charge is 2.13. The molecule has 0 aliphatic heterocycles. The van der Waals surface area contributed by atoms with Crippen LogP contribution in [0.5, 0.6) is 0 Å². The molecule has 4 heteroatoms. The molecule has 0 amide bonds. The molecule has 1 rings (SSSR count). The van der Waals surface area contributed by atoms with Crippen LogP contribution in [0.3, 0.4) is 0 Å². The Labute approximate surface area is 108 Å². The molecule has 0 spiro atoms. The van der Waals surface area contributed by atoms with Gasteiger partial charge in [0.05, 0.1) is 11.3 Å². The quantitative estimate of drug-likeness (QED) is 0.730. The van der Waals surface area contributed by atoms with E-state index in [-0.39, 0.29) is 6.61 Å². The Kier molecular flexibility index (Phi) is 5.65. The van der Waals surface area contributed by atoms with Crippen LogP contribution in [-0.4, -0.2) is 36.4 Å². The molecule has 0 saturated heterocycles. The summed E-state index contributed by atoms with van der Waals surface area (Å²) in [5.74, 6) is -0.893. The van der Waals surface area contributed by atoms with Crippen LogP contribution < -0.4 is 4.90 Å². The third kappa shape index (κ3) is 4.04. The molecular weight excluding hydrogens is 230 g/mol. The number of rotatable bonds is 7. The molecule has 1 aromatic rings. The summed E-state index contributed by atoms with van der Waals surface area (Å²) in [6.07, 6.45) is 2.70. The maximum absolute atomic E-state index is 11.2. The third-order valence-electron chi connectivity index (χ3n) is 2.95. The number of aliphatic hydroxyl groups is 1. The molecule has 0 saturated carbocycles. The van der Waals surface area contributed by atoms with Gasteiger partial charge in [-0.1, -0.05) is 11.6 Å². The zero-order valence-corrected chi connectivity index (χ0v) is 11.0. The summed E-state index contributed by atoms with van der Waals surface area (Å²) in [7, 11) is 1.90. The van der Waals surface area contributed by atoms with E-state index in [1.807, 2.05) is 31.0 Å². The Hall–Kier alpha value is -1.55. The fourth-order valence-electron chi connectivity index (χ4n) is 1.91. The topological polar surface area (TPSA) is 60.8 Å². The Bertz CT molecular complexity index is 404. The van der Waals surface area contributed by atoms with Crippen molar-refractivity contribution in [1.82, 2.24) is 0 Å². The SMILES string of the molecule is Cc1ccc(N(C)CCCCCO)c(C(=O)O)c1. The Balaban J connectivity index is 2.72. The Morgan fingerprint density at radius 2 is 2.00 bits per heavy atom. The van der Waals surface area contributed by atoms with Crippen molar-refractivity contribution in [2.45, 2.75) is 26.2 Å². The Morgan fingerprint density at radius 3 is 2.61 bits per heavy atom. The predicted octanol–water partition coefficient (Wildman–Crippen LogP) is 2.29. The van der Waals surface area contributed by atoms with E-state index in [0.29, 0.717) is 5.56 Å². The van der Waals surface area contributed by atoms with Crippen LogP contribution in [0.25, 0.3) is 0 Å². The van der Waals surface area contributed by atoms with Gasteiger partial charge in [0, 0.05) is 20.2 Å². The second kappa shape index (κ2) is 7.01. The van der Waals surface area contributed by atoms with Crippen molar-refractivity contribution in [1.29, 1.82) is 0 Å². The van der Waals surface area contributed by atoms with Gasteiger partial charge in [-0.25, -0.2) is 4.79 Å². The smallest absolute Gasteiger partial charge is 0.337 e. The van der Waals surface area contributed by atoms with Crippen molar-refractivity contribution in [3.05, 3.63) is 29.3 Å². The number of benzene rings is 1. The first-order valence-corrected chi connectivity index (χ1v) is 6.22. The molecular formula is C14H21NO3. The lowest BCUT2D eigenvalue weighted by Crippen LogP contribution is -2.21. The first-order chi connectivity index (χ1) is 8.56. The highest BCUT2D eigenvalue weighted by molar-refractivity contribution is 5.94. The molecule has 0 fully saturated rings. The van der Waals surface area contributed by atoms with Crippen LogP contribution in [0.2, 0.25) is 0 Å². The van der Waals surface area contributed by atoms with E-state index in [4.69, 9.17) is 5.11 Å². The van der Waals surface area contributed by atoms with Gasteiger partial charge in [-0.3, -0.25) is 0 Å². The summed E-state index contributed by atoms with van der Waals surface area (Å²) in [4.78, 5) is 13.2. The number of aliphatic hydroxyl groups excluding tert-OH is 1. The van der Waals surface area contributed by atoms with E-state index < -0.39 is 5.97 Å². The number of aromatic carboxylic acids is 1. The molecule has 2 N–H and O–H groups in total. The second-order valence-electron chi connectivity index (χ2n) is 4.53. The molecule has 0 unspecified atom stereocenters. The maximum atomic E-state index is 11.2. The number of nitrogens with zero attached hydrogens (tertiary/aromatic N) is 1. The molecule has 1 aromatic carbocycles. The lowest BCUT2D eigenvalue weighted by Gasteiger charge is -2.21. The average Bonchev–Trinajstić information content (AvgIpc) is 2.34. The number of aryl methyl sites for hydroxylation is 1. The van der Waals surface area contributed by atoms with Gasteiger partial charge in [0.2, 0.25) is 0 Å². The molecule has 0 heterocycles. The van der Waals surface area contributed by atoms with Gasteiger partial charge in [-0.05, 0) is 38.3 Å². The highest BCUT2D eigenvalue weighted by atomic mass is 16.4. The molecule has 4 nitrogen and oxygen atoms in total. The third-order valence-corrected chi connectivity index (χ3v) is 2.95. The zero-order chi connectivity index (χ0) is 13.5. The van der Waals surface area contributed by atoms with Crippen molar-refractivity contribution in [3.8, 4) is 0 Å². The fourth-order valence-corrected chi connectivity index (χ4v) is 1.91. The van der Waals surface area contributed by atoms with Gasteiger partial charge < -0.3 is 15.1 Å². The number of carbonyl (C=O) groups is 1. The summed E-state index contributed by atoms with van der Waals surface area (Å²) in [6.45, 7) is 2.90. The standard InChI is InChI=1S/C14H21NO3/c1-11-6-7-13(12(10-11)14(17)18)15(2)8-4-3-5-9-16/h6-7,10,16H,3-5,8-9H2,1-2H3,(H,17,18). The number of unbranched alkanes of at least 4 members (excludes halogenated alkanes) is 2.